The van der Waals surface area contributed by atoms with E-state index in [9.17, 15) is 0 Å². The molecule has 0 aliphatic rings. The van der Waals surface area contributed by atoms with E-state index in [0.29, 0.717) is 19.1 Å². The Morgan fingerprint density at radius 1 is 1.19 bits per heavy atom. The number of methoxy groups -OCH3 is 1. The van der Waals surface area contributed by atoms with E-state index >= 15 is 0 Å². The molecule has 0 radical (unpaired) electrons. The molecule has 0 aliphatic heterocycles. The number of nitrogens with zero attached hydrogens (tertiary/aromatic N) is 1. The highest BCUT2D eigenvalue weighted by atomic mass is 127. The van der Waals surface area contributed by atoms with E-state index in [0.717, 1.165) is 27.6 Å². The van der Waals surface area contributed by atoms with E-state index in [1.807, 2.05) is 49.4 Å². The zero-order chi connectivity index (χ0) is 18.9. The van der Waals surface area contributed by atoms with Crippen molar-refractivity contribution in [3.8, 4) is 11.5 Å². The van der Waals surface area contributed by atoms with Crippen molar-refractivity contribution in [1.29, 1.82) is 0 Å². The number of rotatable bonds is 7. The number of aliphatic imine (C=N–C) groups is 1. The van der Waals surface area contributed by atoms with Crippen LogP contribution in [-0.2, 0) is 6.54 Å². The molecule has 27 heavy (non-hydrogen) atoms. The molecule has 2 aromatic carbocycles. The van der Waals surface area contributed by atoms with Crippen molar-refractivity contribution in [1.82, 2.24) is 10.6 Å². The molecule has 2 N–H and O–H groups in total. The standard InChI is InChI=1S/C20H26ClN3O2.HI/c1-5-26-19-11-15(9-10-18(19)25-4)13-23-20(22-3)24-14(2)16-7-6-8-17(21)12-16;/h6-12,14H,5,13H2,1-4H3,(H2,22,23,24);1H. The molecule has 148 valence electrons. The number of nitrogens with one attached hydrogen (secondary N) is 2. The molecule has 2 rings (SSSR count). The Hall–Kier alpha value is -1.67. The Morgan fingerprint density at radius 2 is 1.96 bits per heavy atom. The van der Waals surface area contributed by atoms with E-state index in [2.05, 4.69) is 22.5 Å². The maximum atomic E-state index is 6.07. The summed E-state index contributed by atoms with van der Waals surface area (Å²) in [5, 5.41) is 7.41. The molecule has 0 saturated carbocycles. The lowest BCUT2D eigenvalue weighted by Gasteiger charge is -2.19. The second kappa shape index (κ2) is 11.9. The average Bonchev–Trinajstić information content (AvgIpc) is 2.65. The maximum absolute atomic E-state index is 6.07. The van der Waals surface area contributed by atoms with Crippen LogP contribution in [0.15, 0.2) is 47.5 Å². The molecule has 0 fully saturated rings. The number of halogens is 2. The van der Waals surface area contributed by atoms with Gasteiger partial charge in [0, 0.05) is 18.6 Å². The van der Waals surface area contributed by atoms with Crippen LogP contribution in [0.4, 0.5) is 0 Å². The first-order chi connectivity index (χ1) is 12.6. The van der Waals surface area contributed by atoms with Crippen LogP contribution in [0.3, 0.4) is 0 Å². The van der Waals surface area contributed by atoms with Crippen molar-refractivity contribution in [3.05, 3.63) is 58.6 Å². The predicted octanol–water partition coefficient (Wildman–Crippen LogP) is 4.79. The highest BCUT2D eigenvalue weighted by molar-refractivity contribution is 14.0. The normalized spacial score (nSPS) is 12.0. The van der Waals surface area contributed by atoms with Crippen LogP contribution in [0, 0.1) is 0 Å². The van der Waals surface area contributed by atoms with Gasteiger partial charge in [-0.2, -0.15) is 0 Å². The van der Waals surface area contributed by atoms with Crippen LogP contribution < -0.4 is 20.1 Å². The predicted molar refractivity (Wildman–Crippen MR) is 123 cm³/mol. The van der Waals surface area contributed by atoms with Gasteiger partial charge in [0.15, 0.2) is 17.5 Å². The van der Waals surface area contributed by atoms with Crippen LogP contribution in [0.5, 0.6) is 11.5 Å². The van der Waals surface area contributed by atoms with E-state index in [1.54, 1.807) is 14.2 Å². The van der Waals surface area contributed by atoms with E-state index in [-0.39, 0.29) is 30.0 Å². The molecule has 0 aromatic heterocycles. The van der Waals surface area contributed by atoms with Gasteiger partial charge in [0.2, 0.25) is 0 Å². The van der Waals surface area contributed by atoms with Crippen molar-refractivity contribution in [3.63, 3.8) is 0 Å². The van der Waals surface area contributed by atoms with Crippen LogP contribution >= 0.6 is 35.6 Å². The van der Waals surface area contributed by atoms with Gasteiger partial charge >= 0.3 is 0 Å². The van der Waals surface area contributed by atoms with Gasteiger partial charge in [-0.1, -0.05) is 29.8 Å². The summed E-state index contributed by atoms with van der Waals surface area (Å²) in [6.45, 7) is 5.23. The first-order valence-corrected chi connectivity index (χ1v) is 8.97. The second-order valence-corrected chi connectivity index (χ2v) is 6.20. The molecular weight excluding hydrogens is 477 g/mol. The molecule has 0 amide bonds. The van der Waals surface area contributed by atoms with E-state index in [4.69, 9.17) is 21.1 Å². The fourth-order valence-electron chi connectivity index (χ4n) is 2.54. The maximum Gasteiger partial charge on any atom is 0.191 e. The van der Waals surface area contributed by atoms with Crippen molar-refractivity contribution in [2.75, 3.05) is 20.8 Å². The van der Waals surface area contributed by atoms with Crippen LogP contribution in [0.1, 0.15) is 31.0 Å². The summed E-state index contributed by atoms with van der Waals surface area (Å²) < 4.78 is 10.9. The average molecular weight is 504 g/mol. The van der Waals surface area contributed by atoms with Crippen LogP contribution in [0.2, 0.25) is 5.02 Å². The first-order valence-electron chi connectivity index (χ1n) is 8.59. The smallest absolute Gasteiger partial charge is 0.191 e. The Labute approximate surface area is 183 Å². The Bertz CT molecular complexity index is 756. The second-order valence-electron chi connectivity index (χ2n) is 5.77. The molecule has 0 aliphatic carbocycles. The van der Waals surface area contributed by atoms with Crippen molar-refractivity contribution >= 4 is 41.5 Å². The molecule has 5 nitrogen and oxygen atoms in total. The minimum absolute atomic E-state index is 0. The zero-order valence-corrected chi connectivity index (χ0v) is 19.2. The van der Waals surface area contributed by atoms with Gasteiger partial charge < -0.3 is 20.1 Å². The molecule has 0 bridgehead atoms. The van der Waals surface area contributed by atoms with Gasteiger partial charge in [-0.25, -0.2) is 0 Å². The monoisotopic (exact) mass is 503 g/mol. The third-order valence-electron chi connectivity index (χ3n) is 3.91. The van der Waals surface area contributed by atoms with Crippen LogP contribution in [0.25, 0.3) is 0 Å². The lowest BCUT2D eigenvalue weighted by atomic mass is 10.1. The largest absolute Gasteiger partial charge is 0.493 e. The fraction of sp³-hybridized carbons (Fsp3) is 0.350. The summed E-state index contributed by atoms with van der Waals surface area (Å²) in [6, 6.07) is 13.8. The number of ether oxygens (including phenoxy) is 2. The van der Waals surface area contributed by atoms with Crippen molar-refractivity contribution in [2.45, 2.75) is 26.4 Å². The van der Waals surface area contributed by atoms with Gasteiger partial charge in [-0.3, -0.25) is 4.99 Å². The molecule has 2 aromatic rings. The Balaban J connectivity index is 0.00000364. The number of hydrogen-bond acceptors (Lipinski definition) is 3. The third kappa shape index (κ3) is 7.10. The van der Waals surface area contributed by atoms with Gasteiger partial charge in [0.05, 0.1) is 19.8 Å². The minimum atomic E-state index is 0. The fourth-order valence-corrected chi connectivity index (χ4v) is 2.74. The quantitative estimate of drug-likeness (QED) is 0.324. The lowest BCUT2D eigenvalue weighted by molar-refractivity contribution is 0.310. The van der Waals surface area contributed by atoms with Gasteiger partial charge in [0.25, 0.3) is 0 Å². The summed E-state index contributed by atoms with van der Waals surface area (Å²) in [7, 11) is 3.39. The summed E-state index contributed by atoms with van der Waals surface area (Å²) in [4.78, 5) is 4.29. The topological polar surface area (TPSA) is 54.9 Å². The number of guanidine groups is 1. The summed E-state index contributed by atoms with van der Waals surface area (Å²) in [5.74, 6) is 2.18. The highest BCUT2D eigenvalue weighted by Crippen LogP contribution is 2.28. The van der Waals surface area contributed by atoms with Crippen LogP contribution in [-0.4, -0.2) is 26.7 Å². The molecule has 7 heteroatoms. The number of benzene rings is 2. The van der Waals surface area contributed by atoms with E-state index < -0.39 is 0 Å². The molecular formula is C20H27ClIN3O2. The third-order valence-corrected chi connectivity index (χ3v) is 4.15. The summed E-state index contributed by atoms with van der Waals surface area (Å²) in [6.07, 6.45) is 0. The minimum Gasteiger partial charge on any atom is -0.493 e. The first kappa shape index (κ1) is 23.4. The number of hydrogen-bond donors (Lipinski definition) is 2. The summed E-state index contributed by atoms with van der Waals surface area (Å²) in [5.41, 5.74) is 2.18. The molecule has 1 unspecified atom stereocenters. The van der Waals surface area contributed by atoms with Gasteiger partial charge in [-0.05, 0) is 49.2 Å². The molecule has 0 spiro atoms. The van der Waals surface area contributed by atoms with Gasteiger partial charge in [-0.15, -0.1) is 24.0 Å². The Morgan fingerprint density at radius 3 is 2.59 bits per heavy atom. The zero-order valence-electron chi connectivity index (χ0n) is 16.1. The highest BCUT2D eigenvalue weighted by Gasteiger charge is 2.09. The summed E-state index contributed by atoms with van der Waals surface area (Å²) >= 11 is 6.07. The molecule has 1 atom stereocenters. The lowest BCUT2D eigenvalue weighted by Crippen LogP contribution is -2.38. The van der Waals surface area contributed by atoms with Crippen molar-refractivity contribution < 1.29 is 9.47 Å². The molecule has 0 heterocycles. The Kier molecular flexibility index (Phi) is 10.3. The van der Waals surface area contributed by atoms with Gasteiger partial charge in [0.1, 0.15) is 0 Å². The van der Waals surface area contributed by atoms with E-state index in [1.165, 1.54) is 0 Å². The van der Waals surface area contributed by atoms with Crippen molar-refractivity contribution in [2.24, 2.45) is 4.99 Å². The molecule has 0 saturated heterocycles. The SMILES string of the molecule is CCOc1cc(CNC(=NC)NC(C)c2cccc(Cl)c2)ccc1OC.I.